The first-order valence-electron chi connectivity index (χ1n) is 9.95. The van der Waals surface area contributed by atoms with Gasteiger partial charge in [-0.25, -0.2) is 14.8 Å². The van der Waals surface area contributed by atoms with Gasteiger partial charge in [-0.3, -0.25) is 0 Å². The molecule has 0 saturated carbocycles. The summed E-state index contributed by atoms with van der Waals surface area (Å²) in [5, 5.41) is 9.07. The van der Waals surface area contributed by atoms with Gasteiger partial charge < -0.3 is 24.4 Å². The van der Waals surface area contributed by atoms with Crippen LogP contribution in [0.1, 0.15) is 30.8 Å². The van der Waals surface area contributed by atoms with Crippen LogP contribution >= 0.6 is 45.3 Å². The highest BCUT2D eigenvalue weighted by Gasteiger charge is 2.34. The fraction of sp³-hybridized carbons (Fsp3) is 0.650. The Morgan fingerprint density at radius 3 is 1.97 bits per heavy atom. The summed E-state index contributed by atoms with van der Waals surface area (Å²) >= 11 is 5.37. The van der Waals surface area contributed by atoms with Crippen molar-refractivity contribution in [1.29, 1.82) is 0 Å². The highest BCUT2D eigenvalue weighted by molar-refractivity contribution is 14.1. The monoisotopic (exact) mass is 582 g/mol. The molecule has 0 bridgehead atoms. The van der Waals surface area contributed by atoms with Crippen LogP contribution in [0, 0.1) is 0 Å². The van der Waals surface area contributed by atoms with Crippen molar-refractivity contribution in [2.75, 3.05) is 31.1 Å². The number of nitrogens with zero attached hydrogens (tertiary/aromatic N) is 3. The van der Waals surface area contributed by atoms with E-state index < -0.39 is 5.60 Å². The molecule has 2 saturated heterocycles. The van der Waals surface area contributed by atoms with Crippen LogP contribution in [0.3, 0.4) is 0 Å². The Labute approximate surface area is 205 Å². The molecule has 0 aliphatic carbocycles. The Hall–Kier alpha value is -0.860. The zero-order chi connectivity index (χ0) is 22.7. The molecular formula is C20H31IN4O4S2. The molecule has 174 valence electrons. The SMILES string of the molecule is CC(C)(C)OC(=O)N1CC(OCc2nccs2)C1.CI.c1csc(COC2CNC2)n1. The van der Waals surface area contributed by atoms with Crippen molar-refractivity contribution >= 4 is 51.4 Å². The van der Waals surface area contributed by atoms with Gasteiger partial charge in [-0.2, -0.15) is 0 Å². The minimum absolute atomic E-state index is 0.0985. The summed E-state index contributed by atoms with van der Waals surface area (Å²) in [5.74, 6) is 0. The Kier molecular flexibility index (Phi) is 11.6. The molecule has 0 aromatic carbocycles. The average Bonchev–Trinajstić information content (AvgIpc) is 3.34. The third-order valence-corrected chi connectivity index (χ3v) is 5.60. The fourth-order valence-corrected chi connectivity index (χ4v) is 3.50. The molecule has 4 rings (SSSR count). The molecule has 2 aliphatic rings. The molecule has 8 nitrogen and oxygen atoms in total. The zero-order valence-electron chi connectivity index (χ0n) is 18.4. The third kappa shape index (κ3) is 10.1. The molecule has 1 amide bonds. The normalized spacial score (nSPS) is 16.2. The van der Waals surface area contributed by atoms with Crippen molar-refractivity contribution in [1.82, 2.24) is 20.2 Å². The molecule has 0 radical (unpaired) electrons. The number of alkyl halides is 1. The predicted octanol–water partition coefficient (Wildman–Crippen LogP) is 3.96. The Balaban J connectivity index is 0.000000224. The first-order chi connectivity index (χ1) is 14.9. The van der Waals surface area contributed by atoms with E-state index >= 15 is 0 Å². The summed E-state index contributed by atoms with van der Waals surface area (Å²) in [4.78, 5) is 23.5. The van der Waals surface area contributed by atoms with Crippen LogP contribution in [0.25, 0.3) is 0 Å². The maximum absolute atomic E-state index is 11.7. The molecule has 0 atom stereocenters. The molecule has 4 heterocycles. The number of carbonyl (C=O) groups excluding carboxylic acids is 1. The second-order valence-corrected chi connectivity index (χ2v) is 9.72. The van der Waals surface area contributed by atoms with E-state index in [0.717, 1.165) is 23.1 Å². The number of likely N-dealkylation sites (tertiary alicyclic amines) is 1. The van der Waals surface area contributed by atoms with Crippen LogP contribution in [0.5, 0.6) is 0 Å². The largest absolute Gasteiger partial charge is 0.444 e. The molecule has 0 unspecified atom stereocenters. The zero-order valence-corrected chi connectivity index (χ0v) is 22.2. The lowest BCUT2D eigenvalue weighted by Gasteiger charge is -2.39. The quantitative estimate of drug-likeness (QED) is 0.408. The molecule has 11 heteroatoms. The van der Waals surface area contributed by atoms with E-state index in [1.54, 1.807) is 33.8 Å². The number of nitrogens with one attached hydrogen (secondary N) is 1. The molecule has 2 fully saturated rings. The summed E-state index contributed by atoms with van der Waals surface area (Å²) in [5.41, 5.74) is -0.441. The van der Waals surface area contributed by atoms with Crippen LogP contribution in [-0.2, 0) is 27.4 Å². The number of halogens is 1. The van der Waals surface area contributed by atoms with Crippen LogP contribution in [-0.4, -0.2) is 69.9 Å². The van der Waals surface area contributed by atoms with Crippen LogP contribution in [0.15, 0.2) is 23.2 Å². The van der Waals surface area contributed by atoms with Crippen LogP contribution in [0.4, 0.5) is 4.79 Å². The minimum atomic E-state index is -0.441. The number of aromatic nitrogens is 2. The second-order valence-electron chi connectivity index (χ2n) is 7.76. The van der Waals surface area contributed by atoms with Crippen LogP contribution < -0.4 is 5.32 Å². The van der Waals surface area contributed by atoms with Gasteiger partial charge in [0.25, 0.3) is 0 Å². The average molecular weight is 583 g/mol. The summed E-state index contributed by atoms with van der Waals surface area (Å²) in [6, 6.07) is 0. The van der Waals surface area contributed by atoms with Gasteiger partial charge in [-0.05, 0) is 25.7 Å². The Bertz CT molecular complexity index is 731. The highest BCUT2D eigenvalue weighted by atomic mass is 127. The fourth-order valence-electron chi connectivity index (χ4n) is 2.43. The molecule has 2 aromatic rings. The first kappa shape index (κ1) is 26.4. The van der Waals surface area contributed by atoms with E-state index in [0.29, 0.717) is 32.4 Å². The van der Waals surface area contributed by atoms with Crippen molar-refractivity contribution in [3.05, 3.63) is 33.2 Å². The van der Waals surface area contributed by atoms with E-state index in [4.69, 9.17) is 14.2 Å². The van der Waals surface area contributed by atoms with Crippen molar-refractivity contribution < 1.29 is 19.0 Å². The van der Waals surface area contributed by atoms with E-state index in [1.807, 2.05) is 42.7 Å². The van der Waals surface area contributed by atoms with Crippen molar-refractivity contribution in [3.8, 4) is 0 Å². The maximum Gasteiger partial charge on any atom is 0.410 e. The molecule has 2 aliphatic heterocycles. The first-order valence-corrected chi connectivity index (χ1v) is 13.9. The van der Waals surface area contributed by atoms with E-state index in [2.05, 4.69) is 37.9 Å². The van der Waals surface area contributed by atoms with Gasteiger partial charge in [-0.15, -0.1) is 22.7 Å². The predicted molar refractivity (Wildman–Crippen MR) is 132 cm³/mol. The smallest absolute Gasteiger partial charge is 0.410 e. The van der Waals surface area contributed by atoms with Gasteiger partial charge >= 0.3 is 6.09 Å². The maximum atomic E-state index is 11.7. The number of thiazole rings is 2. The topological polar surface area (TPSA) is 85.8 Å². The van der Waals surface area contributed by atoms with Crippen molar-refractivity contribution in [2.24, 2.45) is 0 Å². The molecular weight excluding hydrogens is 551 g/mol. The van der Waals surface area contributed by atoms with Crippen molar-refractivity contribution in [3.63, 3.8) is 0 Å². The van der Waals surface area contributed by atoms with Gasteiger partial charge in [0, 0.05) is 36.2 Å². The van der Waals surface area contributed by atoms with Crippen molar-refractivity contribution in [2.45, 2.75) is 51.8 Å². The van der Waals surface area contributed by atoms with Gasteiger partial charge in [0.2, 0.25) is 0 Å². The van der Waals surface area contributed by atoms with Gasteiger partial charge in [0.05, 0.1) is 38.5 Å². The highest BCUT2D eigenvalue weighted by Crippen LogP contribution is 2.18. The lowest BCUT2D eigenvalue weighted by molar-refractivity contribution is -0.0691. The third-order valence-electron chi connectivity index (χ3n) is 4.10. The second kappa shape index (κ2) is 13.6. The number of carbonyl (C=O) groups is 1. The van der Waals surface area contributed by atoms with Gasteiger partial charge in [-0.1, -0.05) is 22.6 Å². The number of ether oxygens (including phenoxy) is 3. The number of hydrogen-bond donors (Lipinski definition) is 1. The molecule has 0 spiro atoms. The number of rotatable bonds is 6. The summed E-state index contributed by atoms with van der Waals surface area (Å²) in [7, 11) is 0. The lowest BCUT2D eigenvalue weighted by atomic mass is 10.2. The summed E-state index contributed by atoms with van der Waals surface area (Å²) in [6.45, 7) is 9.95. The lowest BCUT2D eigenvalue weighted by Crippen LogP contribution is -2.55. The Morgan fingerprint density at radius 1 is 1.06 bits per heavy atom. The van der Waals surface area contributed by atoms with E-state index in [9.17, 15) is 4.79 Å². The van der Waals surface area contributed by atoms with Gasteiger partial charge in [0.1, 0.15) is 15.6 Å². The summed E-state index contributed by atoms with van der Waals surface area (Å²) in [6.07, 6.45) is 3.82. The standard InChI is InChI=1S/C12H18N2O3S.C7H10N2OS.CH3I/c1-12(2,3)17-11(15)14-6-9(7-14)16-8-10-13-4-5-18-10;1-2-11-7(9-1)5-10-6-3-8-4-6;1-2/h4-5,9H,6-8H2,1-3H3;1-2,6,8H,3-5H2;1H3. The summed E-state index contributed by atoms with van der Waals surface area (Å²) < 4.78 is 16.4. The molecule has 2 aromatic heterocycles. The van der Waals surface area contributed by atoms with Gasteiger partial charge in [0.15, 0.2) is 0 Å². The molecule has 1 N–H and O–H groups in total. The Morgan fingerprint density at radius 2 is 1.58 bits per heavy atom. The van der Waals surface area contributed by atoms with E-state index in [1.165, 1.54) is 0 Å². The van der Waals surface area contributed by atoms with E-state index in [-0.39, 0.29) is 12.2 Å². The minimum Gasteiger partial charge on any atom is -0.444 e. The number of hydrogen-bond acceptors (Lipinski definition) is 9. The molecule has 31 heavy (non-hydrogen) atoms. The van der Waals surface area contributed by atoms with Crippen LogP contribution in [0.2, 0.25) is 0 Å². The number of amides is 1.